The number of nitrogens with zero attached hydrogens (tertiary/aromatic N) is 2. The fourth-order valence-corrected chi connectivity index (χ4v) is 0.943. The molecule has 2 nitrogen and oxygen atoms in total. The van der Waals surface area contributed by atoms with E-state index in [9.17, 15) is 0 Å². The van der Waals surface area contributed by atoms with Crippen LogP contribution in [0.2, 0.25) is 0 Å². The van der Waals surface area contributed by atoms with Gasteiger partial charge in [-0.05, 0) is 11.5 Å². The molecule has 66 valence electrons. The summed E-state index contributed by atoms with van der Waals surface area (Å²) in [5.74, 6) is 0. The zero-order chi connectivity index (χ0) is 8.65. The zero-order valence-corrected chi connectivity index (χ0v) is 10.1. The Balaban J connectivity index is 0.000000215. The van der Waals surface area contributed by atoms with Crippen LogP contribution in [0, 0.1) is 0 Å². The van der Waals surface area contributed by atoms with Crippen LogP contribution >= 0.6 is 11.5 Å². The third-order valence-corrected chi connectivity index (χ3v) is 1.66. The van der Waals surface area contributed by atoms with Crippen molar-refractivity contribution in [1.29, 1.82) is 0 Å². The summed E-state index contributed by atoms with van der Waals surface area (Å²) in [5, 5.41) is 5.31. The molecule has 2 rings (SSSR count). The average molecular weight is 272 g/mol. The first-order valence-electron chi connectivity index (χ1n) is 3.62. The van der Waals surface area contributed by atoms with E-state index in [1.807, 2.05) is 23.6 Å². The van der Waals surface area contributed by atoms with Gasteiger partial charge in [-0.15, -0.1) is 5.10 Å². The molecule has 0 aliphatic carbocycles. The van der Waals surface area contributed by atoms with Gasteiger partial charge in [0.15, 0.2) is 0 Å². The number of hydrogen-bond donors (Lipinski definition) is 0. The van der Waals surface area contributed by atoms with Crippen LogP contribution in [0.5, 0.6) is 0 Å². The minimum Gasteiger partial charge on any atom is -0.147 e. The van der Waals surface area contributed by atoms with Crippen LogP contribution in [0.15, 0.2) is 41.9 Å². The van der Waals surface area contributed by atoms with Crippen LogP contribution in [-0.2, 0) is 21.1 Å². The zero-order valence-electron chi connectivity index (χ0n) is 7.25. The third kappa shape index (κ3) is 6.67. The predicted molar refractivity (Wildman–Crippen MR) is 54.5 cm³/mol. The molecule has 0 spiro atoms. The minimum atomic E-state index is 0. The topological polar surface area (TPSA) is 25.8 Å². The summed E-state index contributed by atoms with van der Waals surface area (Å²) in [6, 6.07) is 10.3. The maximum atomic E-state index is 3.51. The van der Waals surface area contributed by atoms with Crippen LogP contribution in [0.1, 0.15) is 0 Å². The van der Waals surface area contributed by atoms with Crippen molar-refractivity contribution in [2.24, 2.45) is 0 Å². The quantitative estimate of drug-likeness (QED) is 0.652. The van der Waals surface area contributed by atoms with Gasteiger partial charge >= 0.3 is 0 Å². The van der Waals surface area contributed by atoms with Crippen molar-refractivity contribution in [3.63, 3.8) is 0 Å². The molecule has 0 fully saturated rings. The Morgan fingerprint density at radius 1 is 1.15 bits per heavy atom. The first-order valence-corrected chi connectivity index (χ1v) is 4.46. The van der Waals surface area contributed by atoms with Crippen LogP contribution in [0.4, 0.5) is 0 Å². The van der Waals surface area contributed by atoms with E-state index in [1.165, 1.54) is 17.0 Å². The predicted octanol–water partition coefficient (Wildman–Crippen LogP) is 0.481. The van der Waals surface area contributed by atoms with Crippen LogP contribution < -0.4 is 5.46 Å². The average Bonchev–Trinajstić information content (AvgIpc) is 2.62. The van der Waals surface area contributed by atoms with Crippen molar-refractivity contribution in [2.75, 3.05) is 0 Å². The maximum absolute atomic E-state index is 3.51. The van der Waals surface area contributed by atoms with Gasteiger partial charge in [0.2, 0.25) is 0 Å². The Labute approximate surface area is 97.2 Å². The molecule has 0 atom stereocenters. The summed E-state index contributed by atoms with van der Waals surface area (Å²) in [4.78, 5) is 0. The molecule has 1 heterocycles. The molecular weight excluding hydrogens is 263 g/mol. The van der Waals surface area contributed by atoms with E-state index in [2.05, 4.69) is 29.6 Å². The number of aromatic nitrogens is 2. The molecule has 0 unspecified atom stereocenters. The van der Waals surface area contributed by atoms with Gasteiger partial charge in [-0.25, -0.2) is 0 Å². The molecule has 1 aromatic heterocycles. The van der Waals surface area contributed by atoms with Gasteiger partial charge in [-0.3, -0.25) is 0 Å². The molecule has 0 aliphatic rings. The molecule has 0 amide bonds. The molecule has 0 saturated heterocycles. The Hall–Kier alpha value is -0.467. The summed E-state index contributed by atoms with van der Waals surface area (Å²) >= 11 is 1.35. The van der Waals surface area contributed by atoms with Gasteiger partial charge in [0, 0.05) is 26.4 Å². The first kappa shape index (κ1) is 12.5. The van der Waals surface area contributed by atoms with Crippen molar-refractivity contribution in [3.05, 3.63) is 41.9 Å². The molecule has 0 bridgehead atoms. The van der Waals surface area contributed by atoms with E-state index < -0.39 is 0 Å². The van der Waals surface area contributed by atoms with Crippen molar-refractivity contribution < 1.29 is 21.1 Å². The maximum Gasteiger partial charge on any atom is 0.139 e. The Kier molecular flexibility index (Phi) is 7.85. The Morgan fingerprint density at radius 2 is 1.85 bits per heavy atom. The minimum absolute atomic E-state index is 0. The summed E-state index contributed by atoms with van der Waals surface area (Å²) in [7, 11) is 2.08. The molecule has 5 heteroatoms. The van der Waals surface area contributed by atoms with Gasteiger partial charge in [-0.1, -0.05) is 40.3 Å². The summed E-state index contributed by atoms with van der Waals surface area (Å²) in [6.45, 7) is 0. The summed E-state index contributed by atoms with van der Waals surface area (Å²) in [6.07, 6.45) is 1.66. The number of benzene rings is 1. The van der Waals surface area contributed by atoms with Gasteiger partial charge < -0.3 is 0 Å². The van der Waals surface area contributed by atoms with Gasteiger partial charge in [0.05, 0.1) is 6.20 Å². The molecular formula is C8H9BMoN2S. The van der Waals surface area contributed by atoms with E-state index >= 15 is 0 Å². The first-order chi connectivity index (χ1) is 5.89. The second kappa shape index (κ2) is 8.15. The second-order valence-electron chi connectivity index (χ2n) is 2.24. The smallest absolute Gasteiger partial charge is 0.139 e. The van der Waals surface area contributed by atoms with Crippen molar-refractivity contribution in [3.8, 4) is 0 Å². The van der Waals surface area contributed by atoms with Crippen molar-refractivity contribution >= 4 is 24.8 Å². The fraction of sp³-hybridized carbons (Fsp3) is 0. The normalized spacial score (nSPS) is 7.69. The molecule has 0 saturated carbocycles. The third-order valence-electron chi connectivity index (χ3n) is 1.22. The second-order valence-corrected chi connectivity index (χ2v) is 2.89. The summed E-state index contributed by atoms with van der Waals surface area (Å²) < 4.78 is 3.51. The van der Waals surface area contributed by atoms with Crippen LogP contribution in [0.25, 0.3) is 0 Å². The molecule has 0 aliphatic heterocycles. The summed E-state index contributed by atoms with van der Waals surface area (Å²) in [5.41, 5.74) is 1.32. The van der Waals surface area contributed by atoms with Crippen molar-refractivity contribution in [1.82, 2.24) is 9.59 Å². The molecule has 0 N–H and O–H groups in total. The van der Waals surface area contributed by atoms with Gasteiger partial charge in [0.25, 0.3) is 0 Å². The van der Waals surface area contributed by atoms with Crippen molar-refractivity contribution in [2.45, 2.75) is 0 Å². The van der Waals surface area contributed by atoms with Gasteiger partial charge in [0.1, 0.15) is 7.85 Å². The van der Waals surface area contributed by atoms with E-state index in [-0.39, 0.29) is 21.1 Å². The Bertz CT molecular complexity index is 271. The number of hydrogen-bond acceptors (Lipinski definition) is 3. The van der Waals surface area contributed by atoms with Crippen LogP contribution in [-0.4, -0.2) is 17.4 Å². The molecule has 2 aromatic rings. The molecule has 1 aromatic carbocycles. The SMILES string of the molecule is Bc1ccccc1.[Mo].c1csnn1. The van der Waals surface area contributed by atoms with Crippen LogP contribution in [0.3, 0.4) is 0 Å². The van der Waals surface area contributed by atoms with E-state index in [1.54, 1.807) is 6.20 Å². The largest absolute Gasteiger partial charge is 0.147 e. The monoisotopic (exact) mass is 274 g/mol. The fourth-order valence-electron chi connectivity index (χ4n) is 0.670. The molecule has 13 heavy (non-hydrogen) atoms. The van der Waals surface area contributed by atoms with E-state index in [0.717, 1.165) is 0 Å². The standard InChI is InChI=1S/C6H7B.C2H2N2S.Mo/c7-6-4-2-1-3-5-6;1-2-5-4-3-1;/h1-5H,7H2;1-2H;. The van der Waals surface area contributed by atoms with E-state index in [0.29, 0.717) is 0 Å². The number of rotatable bonds is 0. The Morgan fingerprint density at radius 3 is 2.08 bits per heavy atom. The van der Waals surface area contributed by atoms with Gasteiger partial charge in [-0.2, -0.15) is 0 Å². The molecule has 0 radical (unpaired) electrons. The van der Waals surface area contributed by atoms with E-state index in [4.69, 9.17) is 0 Å².